The number of amides is 1. The van der Waals surface area contributed by atoms with Crippen LogP contribution in [0.1, 0.15) is 33.1 Å². The molecule has 1 aliphatic rings. The Morgan fingerprint density at radius 2 is 2.27 bits per heavy atom. The molecule has 0 bridgehead atoms. The molecule has 0 radical (unpaired) electrons. The maximum atomic E-state index is 12.0. The van der Waals surface area contributed by atoms with Crippen LogP contribution in [0.2, 0.25) is 0 Å². The molecule has 4 heteroatoms. The minimum absolute atomic E-state index is 0.0414. The number of hydrogen-bond acceptors (Lipinski definition) is 3. The first kappa shape index (κ1) is 12.5. The van der Waals surface area contributed by atoms with Crippen molar-refractivity contribution in [2.24, 2.45) is 0 Å². The quantitative estimate of drug-likeness (QED) is 0.710. The molecule has 0 spiro atoms. The zero-order valence-electron chi connectivity index (χ0n) is 9.70. The standard InChI is InChI=1S/C11H22N2O2/c1-3-13(7-8-14)11(15)10-6-4-5-9(2)12-10/h9-10,12,14H,3-8H2,1-2H3. The van der Waals surface area contributed by atoms with E-state index in [1.807, 2.05) is 6.92 Å². The molecule has 4 nitrogen and oxygen atoms in total. The lowest BCUT2D eigenvalue weighted by Crippen LogP contribution is -2.51. The minimum atomic E-state index is -0.0414. The first-order valence-corrected chi connectivity index (χ1v) is 5.84. The average Bonchev–Trinajstić information content (AvgIpc) is 2.25. The molecular weight excluding hydrogens is 192 g/mol. The highest BCUT2D eigenvalue weighted by Crippen LogP contribution is 2.14. The molecule has 15 heavy (non-hydrogen) atoms. The van der Waals surface area contributed by atoms with Crippen LogP contribution in [-0.4, -0.2) is 47.7 Å². The van der Waals surface area contributed by atoms with Crippen LogP contribution in [0, 0.1) is 0 Å². The highest BCUT2D eigenvalue weighted by molar-refractivity contribution is 5.82. The van der Waals surface area contributed by atoms with Crippen LogP contribution in [0.3, 0.4) is 0 Å². The zero-order chi connectivity index (χ0) is 11.3. The van der Waals surface area contributed by atoms with Crippen LogP contribution in [0.15, 0.2) is 0 Å². The van der Waals surface area contributed by atoms with Crippen molar-refractivity contribution in [2.75, 3.05) is 19.7 Å². The summed E-state index contributed by atoms with van der Waals surface area (Å²) in [6.07, 6.45) is 3.18. The first-order valence-electron chi connectivity index (χ1n) is 5.84. The van der Waals surface area contributed by atoms with Gasteiger partial charge in [-0.15, -0.1) is 0 Å². The number of piperidine rings is 1. The van der Waals surface area contributed by atoms with Gasteiger partial charge >= 0.3 is 0 Å². The number of likely N-dealkylation sites (N-methyl/N-ethyl adjacent to an activating group) is 1. The van der Waals surface area contributed by atoms with Gasteiger partial charge in [0, 0.05) is 19.1 Å². The average molecular weight is 214 g/mol. The Labute approximate surface area is 91.6 Å². The lowest BCUT2D eigenvalue weighted by atomic mass is 9.98. The van der Waals surface area contributed by atoms with Crippen LogP contribution in [0.4, 0.5) is 0 Å². The van der Waals surface area contributed by atoms with E-state index in [1.54, 1.807) is 4.90 Å². The molecule has 1 rings (SSSR count). The predicted octanol–water partition coefficient (Wildman–Crippen LogP) is 0.358. The summed E-state index contributed by atoms with van der Waals surface area (Å²) in [4.78, 5) is 13.7. The molecule has 1 amide bonds. The second-order valence-electron chi connectivity index (χ2n) is 4.19. The Balaban J connectivity index is 2.49. The number of aliphatic hydroxyl groups excluding tert-OH is 1. The summed E-state index contributed by atoms with van der Waals surface area (Å²) >= 11 is 0. The van der Waals surface area contributed by atoms with Crippen LogP contribution < -0.4 is 5.32 Å². The summed E-state index contributed by atoms with van der Waals surface area (Å²) in [6.45, 7) is 5.22. The smallest absolute Gasteiger partial charge is 0.239 e. The summed E-state index contributed by atoms with van der Waals surface area (Å²) < 4.78 is 0. The first-order chi connectivity index (χ1) is 7.19. The van der Waals surface area contributed by atoms with Crippen molar-refractivity contribution in [1.29, 1.82) is 0 Å². The molecule has 0 aliphatic carbocycles. The van der Waals surface area contributed by atoms with Crippen molar-refractivity contribution in [3.05, 3.63) is 0 Å². The summed E-state index contributed by atoms with van der Waals surface area (Å²) in [5, 5.41) is 12.2. The molecule has 1 saturated heterocycles. The Morgan fingerprint density at radius 3 is 2.80 bits per heavy atom. The van der Waals surface area contributed by atoms with E-state index in [0.717, 1.165) is 19.3 Å². The fourth-order valence-electron chi connectivity index (χ4n) is 2.10. The summed E-state index contributed by atoms with van der Waals surface area (Å²) in [5.74, 6) is 0.137. The summed E-state index contributed by atoms with van der Waals surface area (Å²) in [5.41, 5.74) is 0. The molecule has 1 fully saturated rings. The highest BCUT2D eigenvalue weighted by Gasteiger charge is 2.26. The second kappa shape index (κ2) is 6.08. The molecular formula is C11H22N2O2. The third-order valence-electron chi connectivity index (χ3n) is 2.98. The topological polar surface area (TPSA) is 52.6 Å². The van der Waals surface area contributed by atoms with Crippen LogP contribution in [0.5, 0.6) is 0 Å². The minimum Gasteiger partial charge on any atom is -0.395 e. The molecule has 88 valence electrons. The van der Waals surface area contributed by atoms with E-state index in [-0.39, 0.29) is 18.6 Å². The van der Waals surface area contributed by atoms with Gasteiger partial charge < -0.3 is 15.3 Å². The number of nitrogens with zero attached hydrogens (tertiary/aromatic N) is 1. The lowest BCUT2D eigenvalue weighted by Gasteiger charge is -2.32. The Bertz CT molecular complexity index is 209. The van der Waals surface area contributed by atoms with Crippen molar-refractivity contribution in [3.63, 3.8) is 0 Å². The number of carbonyl (C=O) groups excluding carboxylic acids is 1. The van der Waals surface area contributed by atoms with Crippen molar-refractivity contribution in [2.45, 2.75) is 45.2 Å². The normalized spacial score (nSPS) is 26.3. The number of aliphatic hydroxyl groups is 1. The molecule has 0 saturated carbocycles. The van der Waals surface area contributed by atoms with Gasteiger partial charge in [0.1, 0.15) is 0 Å². The van der Waals surface area contributed by atoms with Gasteiger partial charge in [0.05, 0.1) is 12.6 Å². The van der Waals surface area contributed by atoms with Gasteiger partial charge in [-0.1, -0.05) is 0 Å². The van der Waals surface area contributed by atoms with Crippen molar-refractivity contribution >= 4 is 5.91 Å². The predicted molar refractivity (Wildman–Crippen MR) is 59.6 cm³/mol. The molecule has 2 atom stereocenters. The molecule has 2 unspecified atom stereocenters. The van der Waals surface area contributed by atoms with E-state index in [2.05, 4.69) is 12.2 Å². The molecule has 0 aromatic heterocycles. The largest absolute Gasteiger partial charge is 0.395 e. The van der Waals surface area contributed by atoms with Gasteiger partial charge in [-0.3, -0.25) is 4.79 Å². The van der Waals surface area contributed by atoms with Crippen molar-refractivity contribution in [3.8, 4) is 0 Å². The van der Waals surface area contributed by atoms with E-state index in [1.165, 1.54) is 0 Å². The maximum Gasteiger partial charge on any atom is 0.239 e. The third-order valence-corrected chi connectivity index (χ3v) is 2.98. The van der Waals surface area contributed by atoms with Gasteiger partial charge in [0.2, 0.25) is 5.91 Å². The zero-order valence-corrected chi connectivity index (χ0v) is 9.70. The van der Waals surface area contributed by atoms with Gasteiger partial charge in [-0.25, -0.2) is 0 Å². The van der Waals surface area contributed by atoms with Gasteiger partial charge in [-0.2, -0.15) is 0 Å². The number of rotatable bonds is 4. The molecule has 1 heterocycles. The molecule has 0 aromatic carbocycles. The Morgan fingerprint density at radius 1 is 1.53 bits per heavy atom. The summed E-state index contributed by atoms with van der Waals surface area (Å²) in [6, 6.07) is 0.390. The van der Waals surface area contributed by atoms with Gasteiger partial charge in [0.25, 0.3) is 0 Å². The van der Waals surface area contributed by atoms with Crippen molar-refractivity contribution in [1.82, 2.24) is 10.2 Å². The SMILES string of the molecule is CCN(CCO)C(=O)C1CCCC(C)N1. The summed E-state index contributed by atoms with van der Waals surface area (Å²) in [7, 11) is 0. The molecule has 2 N–H and O–H groups in total. The Hall–Kier alpha value is -0.610. The fraction of sp³-hybridized carbons (Fsp3) is 0.909. The van der Waals surface area contributed by atoms with Crippen LogP contribution in [0.25, 0.3) is 0 Å². The highest BCUT2D eigenvalue weighted by atomic mass is 16.3. The van der Waals surface area contributed by atoms with E-state index >= 15 is 0 Å². The van der Waals surface area contributed by atoms with Gasteiger partial charge in [-0.05, 0) is 33.1 Å². The third kappa shape index (κ3) is 3.47. The second-order valence-corrected chi connectivity index (χ2v) is 4.19. The van der Waals surface area contributed by atoms with Gasteiger partial charge in [0.15, 0.2) is 0 Å². The Kier molecular flexibility index (Phi) is 5.05. The van der Waals surface area contributed by atoms with E-state index in [0.29, 0.717) is 19.1 Å². The van der Waals surface area contributed by atoms with Crippen LogP contribution in [-0.2, 0) is 4.79 Å². The molecule has 0 aromatic rings. The lowest BCUT2D eigenvalue weighted by molar-refractivity contribution is -0.134. The van der Waals surface area contributed by atoms with E-state index in [4.69, 9.17) is 5.11 Å². The number of nitrogens with one attached hydrogen (secondary N) is 1. The number of hydrogen-bond donors (Lipinski definition) is 2. The monoisotopic (exact) mass is 214 g/mol. The van der Waals surface area contributed by atoms with E-state index in [9.17, 15) is 4.79 Å². The maximum absolute atomic E-state index is 12.0. The fourth-order valence-corrected chi connectivity index (χ4v) is 2.10. The van der Waals surface area contributed by atoms with Crippen molar-refractivity contribution < 1.29 is 9.90 Å². The number of carbonyl (C=O) groups is 1. The van der Waals surface area contributed by atoms with Crippen LogP contribution >= 0.6 is 0 Å². The molecule has 1 aliphatic heterocycles. The van der Waals surface area contributed by atoms with E-state index < -0.39 is 0 Å².